The Bertz CT molecular complexity index is 1520. The number of aromatic nitrogens is 1. The molecule has 0 spiro atoms. The van der Waals surface area contributed by atoms with Crippen molar-refractivity contribution in [3.8, 4) is 5.75 Å². The third-order valence-corrected chi connectivity index (χ3v) is 6.98. The zero-order valence-electron chi connectivity index (χ0n) is 20.3. The number of aliphatic hydroxyl groups excluding tert-OH is 1. The standard InChI is InChI=1S/C26H24ClN3O7S/c1-29-12-23(25(33)28-11-16-5-7-17(27)8-6-16)24(32)22-10-21(38-26(22)29)15-36-13-19(31)14-37-20-4-2-3-18(9-20)30(34)35/h2-10,12,19,31H,11,13-15H2,1H3,(H,28,33). The van der Waals surface area contributed by atoms with Gasteiger partial charge in [0.2, 0.25) is 5.43 Å². The number of thiophene rings is 1. The van der Waals surface area contributed by atoms with Crippen molar-refractivity contribution in [3.63, 3.8) is 0 Å². The van der Waals surface area contributed by atoms with E-state index in [1.165, 1.54) is 35.7 Å². The van der Waals surface area contributed by atoms with Gasteiger partial charge in [-0.15, -0.1) is 11.3 Å². The third-order valence-electron chi connectivity index (χ3n) is 5.53. The fourth-order valence-electron chi connectivity index (χ4n) is 3.65. The van der Waals surface area contributed by atoms with Crippen molar-refractivity contribution in [2.75, 3.05) is 13.2 Å². The number of nitrogens with one attached hydrogen (secondary N) is 1. The number of nitro groups is 1. The second-order valence-electron chi connectivity index (χ2n) is 8.46. The molecule has 1 amide bonds. The lowest BCUT2D eigenvalue weighted by Gasteiger charge is -2.12. The smallest absolute Gasteiger partial charge is 0.273 e. The Kier molecular flexibility index (Phi) is 8.74. The van der Waals surface area contributed by atoms with Crippen LogP contribution in [0.1, 0.15) is 20.8 Å². The van der Waals surface area contributed by atoms with E-state index < -0.39 is 16.9 Å². The van der Waals surface area contributed by atoms with Crippen LogP contribution >= 0.6 is 22.9 Å². The first-order valence-electron chi connectivity index (χ1n) is 11.5. The van der Waals surface area contributed by atoms with Crippen molar-refractivity contribution in [1.29, 1.82) is 0 Å². The average molecular weight is 558 g/mol. The number of benzene rings is 2. The number of aryl methyl sites for hydroxylation is 1. The molecule has 198 valence electrons. The Labute approximate surface area is 226 Å². The van der Waals surface area contributed by atoms with Crippen molar-refractivity contribution in [1.82, 2.24) is 9.88 Å². The van der Waals surface area contributed by atoms with Crippen LogP contribution in [0.5, 0.6) is 5.75 Å². The van der Waals surface area contributed by atoms with Gasteiger partial charge in [-0.3, -0.25) is 19.7 Å². The molecule has 0 aliphatic heterocycles. The number of hydrogen-bond donors (Lipinski definition) is 2. The number of carbonyl (C=O) groups excluding carboxylic acids is 1. The minimum absolute atomic E-state index is 0.0351. The van der Waals surface area contributed by atoms with Crippen molar-refractivity contribution in [2.45, 2.75) is 19.3 Å². The zero-order valence-corrected chi connectivity index (χ0v) is 21.8. The van der Waals surface area contributed by atoms with Crippen LogP contribution in [0.2, 0.25) is 5.02 Å². The highest BCUT2D eigenvalue weighted by Gasteiger charge is 2.17. The van der Waals surface area contributed by atoms with Gasteiger partial charge in [0.05, 0.1) is 29.6 Å². The lowest BCUT2D eigenvalue weighted by atomic mass is 10.2. The van der Waals surface area contributed by atoms with E-state index >= 15 is 0 Å². The predicted octanol–water partition coefficient (Wildman–Crippen LogP) is 4.05. The number of hydrogen-bond acceptors (Lipinski definition) is 8. The number of halogens is 1. The fraction of sp³-hybridized carbons (Fsp3) is 0.231. The van der Waals surface area contributed by atoms with Gasteiger partial charge >= 0.3 is 0 Å². The molecule has 2 heterocycles. The number of fused-ring (bicyclic) bond motifs is 1. The van der Waals surface area contributed by atoms with Gasteiger partial charge in [-0.1, -0.05) is 29.8 Å². The summed E-state index contributed by atoms with van der Waals surface area (Å²) >= 11 is 7.24. The van der Waals surface area contributed by atoms with Crippen LogP contribution in [-0.2, 0) is 24.9 Å². The quantitative estimate of drug-likeness (QED) is 0.210. The molecule has 1 unspecified atom stereocenters. The van der Waals surface area contributed by atoms with Crippen LogP contribution in [0.4, 0.5) is 5.69 Å². The van der Waals surface area contributed by atoms with Gasteiger partial charge in [0.1, 0.15) is 28.9 Å². The summed E-state index contributed by atoms with van der Waals surface area (Å²) in [4.78, 5) is 37.5. The number of carbonyl (C=O) groups is 1. The summed E-state index contributed by atoms with van der Waals surface area (Å²) in [5.74, 6) is -0.204. The molecule has 0 radical (unpaired) electrons. The first-order chi connectivity index (χ1) is 18.2. The van der Waals surface area contributed by atoms with E-state index in [9.17, 15) is 24.8 Å². The van der Waals surface area contributed by atoms with Crippen LogP contribution in [0.15, 0.2) is 65.6 Å². The summed E-state index contributed by atoms with van der Waals surface area (Å²) in [6.45, 7) is 0.248. The monoisotopic (exact) mass is 557 g/mol. The largest absolute Gasteiger partial charge is 0.491 e. The summed E-state index contributed by atoms with van der Waals surface area (Å²) in [6, 6.07) is 14.4. The van der Waals surface area contributed by atoms with E-state index in [-0.39, 0.29) is 48.8 Å². The molecule has 0 aliphatic carbocycles. The Balaban J connectivity index is 1.34. The van der Waals surface area contributed by atoms with E-state index in [0.717, 1.165) is 10.4 Å². The van der Waals surface area contributed by atoms with E-state index in [2.05, 4.69) is 5.32 Å². The maximum Gasteiger partial charge on any atom is 0.273 e. The topological polar surface area (TPSA) is 133 Å². The Morgan fingerprint density at radius 3 is 2.71 bits per heavy atom. The maximum absolute atomic E-state index is 13.0. The Morgan fingerprint density at radius 2 is 1.97 bits per heavy atom. The number of amides is 1. The minimum atomic E-state index is -0.967. The molecule has 10 nitrogen and oxygen atoms in total. The average Bonchev–Trinajstić information content (AvgIpc) is 3.34. The molecule has 4 rings (SSSR count). The van der Waals surface area contributed by atoms with E-state index in [1.54, 1.807) is 48.0 Å². The molecule has 2 aromatic carbocycles. The molecule has 2 N–H and O–H groups in total. The fourth-order valence-corrected chi connectivity index (χ4v) is 4.80. The molecule has 0 aliphatic rings. The van der Waals surface area contributed by atoms with E-state index in [0.29, 0.717) is 15.2 Å². The summed E-state index contributed by atoms with van der Waals surface area (Å²) < 4.78 is 12.7. The number of pyridine rings is 1. The van der Waals surface area contributed by atoms with Gasteiger partial charge in [0.25, 0.3) is 11.6 Å². The molecular weight excluding hydrogens is 534 g/mol. The number of rotatable bonds is 11. The van der Waals surface area contributed by atoms with Crippen LogP contribution < -0.4 is 15.5 Å². The van der Waals surface area contributed by atoms with Crippen LogP contribution in [-0.4, -0.2) is 39.8 Å². The molecule has 1 atom stereocenters. The maximum atomic E-state index is 13.0. The molecule has 2 aromatic heterocycles. The van der Waals surface area contributed by atoms with Gasteiger partial charge in [0, 0.05) is 35.8 Å². The number of aliphatic hydroxyl groups is 1. The zero-order chi connectivity index (χ0) is 27.2. The van der Waals surface area contributed by atoms with Crippen molar-refractivity contribution in [2.24, 2.45) is 7.05 Å². The van der Waals surface area contributed by atoms with Crippen LogP contribution in [0.25, 0.3) is 10.2 Å². The first kappa shape index (κ1) is 27.3. The number of nitro benzene ring substituents is 1. The normalized spacial score (nSPS) is 11.9. The second-order valence-corrected chi connectivity index (χ2v) is 10.0. The number of ether oxygens (including phenoxy) is 2. The molecule has 0 bridgehead atoms. The second kappa shape index (κ2) is 12.2. The summed E-state index contributed by atoms with van der Waals surface area (Å²) in [5, 5.41) is 24.8. The molecule has 4 aromatic rings. The number of nitrogens with zero attached hydrogens (tertiary/aromatic N) is 2. The Hall–Kier alpha value is -3.77. The highest BCUT2D eigenvalue weighted by atomic mass is 35.5. The third kappa shape index (κ3) is 6.75. The van der Waals surface area contributed by atoms with Gasteiger partial charge in [-0.2, -0.15) is 0 Å². The highest BCUT2D eigenvalue weighted by molar-refractivity contribution is 7.18. The Morgan fingerprint density at radius 1 is 1.21 bits per heavy atom. The van der Waals surface area contributed by atoms with Gasteiger partial charge in [-0.05, 0) is 29.8 Å². The van der Waals surface area contributed by atoms with Gasteiger partial charge < -0.3 is 24.5 Å². The van der Waals surface area contributed by atoms with Crippen LogP contribution in [0.3, 0.4) is 0 Å². The van der Waals surface area contributed by atoms with Crippen molar-refractivity contribution < 1.29 is 24.3 Å². The lowest BCUT2D eigenvalue weighted by Crippen LogP contribution is -2.29. The summed E-state index contributed by atoms with van der Waals surface area (Å²) in [7, 11) is 1.76. The summed E-state index contributed by atoms with van der Waals surface area (Å²) in [6.07, 6.45) is 0.545. The highest BCUT2D eigenvalue weighted by Crippen LogP contribution is 2.24. The predicted molar refractivity (Wildman–Crippen MR) is 144 cm³/mol. The summed E-state index contributed by atoms with van der Waals surface area (Å²) in [5.41, 5.74) is 0.409. The minimum Gasteiger partial charge on any atom is -0.491 e. The van der Waals surface area contributed by atoms with Crippen LogP contribution in [0, 0.1) is 10.1 Å². The molecule has 0 saturated heterocycles. The van der Waals surface area contributed by atoms with Crippen molar-refractivity contribution in [3.05, 3.63) is 102 Å². The van der Waals surface area contributed by atoms with E-state index in [1.807, 2.05) is 0 Å². The SMILES string of the molecule is Cn1cc(C(=O)NCc2ccc(Cl)cc2)c(=O)c2cc(COCC(O)COc3cccc([N+](=O)[O-])c3)sc21. The van der Waals surface area contributed by atoms with Gasteiger partial charge in [0.15, 0.2) is 0 Å². The molecule has 0 saturated carbocycles. The molecular formula is C26H24ClN3O7S. The lowest BCUT2D eigenvalue weighted by molar-refractivity contribution is -0.384. The van der Waals surface area contributed by atoms with Crippen molar-refractivity contribution >= 4 is 44.7 Å². The molecule has 38 heavy (non-hydrogen) atoms. The first-order valence-corrected chi connectivity index (χ1v) is 12.7. The molecule has 0 fully saturated rings. The molecule has 12 heteroatoms. The van der Waals surface area contributed by atoms with E-state index in [4.69, 9.17) is 21.1 Å². The number of non-ortho nitro benzene ring substituents is 1. The van der Waals surface area contributed by atoms with Gasteiger partial charge in [-0.25, -0.2) is 0 Å².